The molecule has 0 radical (unpaired) electrons. The average molecular weight is 461 g/mol. The summed E-state index contributed by atoms with van der Waals surface area (Å²) < 4.78 is 5.21. The van der Waals surface area contributed by atoms with E-state index in [4.69, 9.17) is 4.74 Å². The van der Waals surface area contributed by atoms with Gasteiger partial charge >= 0.3 is 5.97 Å². The largest absolute Gasteiger partial charge is 0.462 e. The number of imide groups is 1. The van der Waals surface area contributed by atoms with E-state index < -0.39 is 5.97 Å². The maximum atomic E-state index is 13.0. The fourth-order valence-electron chi connectivity index (χ4n) is 4.30. The molecule has 2 aliphatic rings. The number of benzene rings is 2. The molecule has 7 heteroatoms. The van der Waals surface area contributed by atoms with Crippen molar-refractivity contribution in [3.63, 3.8) is 0 Å². The molecule has 0 saturated carbocycles. The Hall–Kier alpha value is -3.74. The minimum atomic E-state index is -0.412. The number of esters is 1. The summed E-state index contributed by atoms with van der Waals surface area (Å²) >= 11 is 0. The van der Waals surface area contributed by atoms with E-state index in [0.29, 0.717) is 42.0 Å². The van der Waals surface area contributed by atoms with Crippen LogP contribution in [0, 0.1) is 17.8 Å². The Morgan fingerprint density at radius 1 is 1.03 bits per heavy atom. The first kappa shape index (κ1) is 23.4. The Labute approximate surface area is 198 Å². The third-order valence-electron chi connectivity index (χ3n) is 6.12. The van der Waals surface area contributed by atoms with Gasteiger partial charge in [0.15, 0.2) is 0 Å². The number of ether oxygens (including phenoxy) is 1. The highest BCUT2D eigenvalue weighted by Gasteiger charge is 2.48. The third-order valence-corrected chi connectivity index (χ3v) is 6.12. The van der Waals surface area contributed by atoms with Gasteiger partial charge in [-0.25, -0.2) is 4.79 Å². The number of allylic oxidation sites excluding steroid dienone is 2. The first-order chi connectivity index (χ1) is 16.2. The van der Waals surface area contributed by atoms with E-state index in [-0.39, 0.29) is 35.5 Å². The van der Waals surface area contributed by atoms with Crippen molar-refractivity contribution < 1.29 is 23.9 Å². The van der Waals surface area contributed by atoms with Crippen LogP contribution in [0.4, 0.5) is 11.4 Å². The van der Waals surface area contributed by atoms with E-state index >= 15 is 0 Å². The van der Waals surface area contributed by atoms with Gasteiger partial charge in [0.2, 0.25) is 11.8 Å². The molecule has 1 N–H and O–H groups in total. The second-order valence-electron chi connectivity index (χ2n) is 9.29. The van der Waals surface area contributed by atoms with Crippen LogP contribution in [0.25, 0.3) is 0 Å². The molecule has 1 aliphatic carbocycles. The van der Waals surface area contributed by atoms with Crippen molar-refractivity contribution in [2.24, 2.45) is 17.8 Å². The number of carbonyl (C=O) groups is 4. The molecule has 0 unspecified atom stereocenters. The molecule has 3 amide bonds. The lowest BCUT2D eigenvalue weighted by Gasteiger charge is -2.18. The predicted octanol–water partition coefficient (Wildman–Crippen LogP) is 4.60. The van der Waals surface area contributed by atoms with Gasteiger partial charge in [0.1, 0.15) is 0 Å². The van der Waals surface area contributed by atoms with E-state index in [0.717, 1.165) is 5.57 Å². The van der Waals surface area contributed by atoms with Crippen molar-refractivity contribution in [1.82, 2.24) is 0 Å². The molecule has 34 heavy (non-hydrogen) atoms. The van der Waals surface area contributed by atoms with Crippen LogP contribution >= 0.6 is 0 Å². The molecule has 0 aromatic heterocycles. The van der Waals surface area contributed by atoms with Crippen LogP contribution in [-0.4, -0.2) is 30.3 Å². The summed E-state index contributed by atoms with van der Waals surface area (Å²) in [4.78, 5) is 52.0. The summed E-state index contributed by atoms with van der Waals surface area (Å²) in [6.45, 7) is 6.24. The topological polar surface area (TPSA) is 92.8 Å². The highest BCUT2D eigenvalue weighted by molar-refractivity contribution is 6.22. The van der Waals surface area contributed by atoms with Crippen LogP contribution in [0.5, 0.6) is 0 Å². The molecule has 1 heterocycles. The Morgan fingerprint density at radius 2 is 1.74 bits per heavy atom. The summed E-state index contributed by atoms with van der Waals surface area (Å²) in [6, 6.07) is 12.9. The predicted molar refractivity (Wildman–Crippen MR) is 128 cm³/mol. The van der Waals surface area contributed by atoms with Gasteiger partial charge in [-0.3, -0.25) is 19.3 Å². The molecule has 176 valence electrons. The standard InChI is InChI=1S/C27H28N2O5/c1-16(2)15-34-27(33)18-8-10-20(11-9-18)28-24(30)19-5-4-6-21(14-19)29-25(31)22-12-7-17(3)13-23(22)26(29)32/h4-11,14,16,22-23H,12-13,15H2,1-3H3,(H,28,30)/t22-,23-/m1/s1. The van der Waals surface area contributed by atoms with Gasteiger partial charge in [0, 0.05) is 11.3 Å². The zero-order chi connectivity index (χ0) is 24.4. The molecule has 1 fully saturated rings. The first-order valence-electron chi connectivity index (χ1n) is 11.5. The van der Waals surface area contributed by atoms with Crippen LogP contribution < -0.4 is 10.2 Å². The fourth-order valence-corrected chi connectivity index (χ4v) is 4.30. The average Bonchev–Trinajstić information content (AvgIpc) is 3.07. The van der Waals surface area contributed by atoms with E-state index in [2.05, 4.69) is 5.32 Å². The Kier molecular flexibility index (Phi) is 6.63. The highest BCUT2D eigenvalue weighted by Crippen LogP contribution is 2.39. The molecule has 2 aromatic rings. The molecule has 2 aromatic carbocycles. The Balaban J connectivity index is 1.45. The van der Waals surface area contributed by atoms with Crippen LogP contribution in [0.1, 0.15) is 54.3 Å². The summed E-state index contributed by atoms with van der Waals surface area (Å²) in [5, 5.41) is 2.78. The number of nitrogens with one attached hydrogen (secondary N) is 1. The van der Waals surface area contributed by atoms with Crippen LogP contribution in [-0.2, 0) is 14.3 Å². The molecule has 2 atom stereocenters. The molecule has 7 nitrogen and oxygen atoms in total. The minimum Gasteiger partial charge on any atom is -0.462 e. The number of amides is 3. The zero-order valence-electron chi connectivity index (χ0n) is 19.5. The van der Waals surface area contributed by atoms with Crippen molar-refractivity contribution in [2.45, 2.75) is 33.6 Å². The van der Waals surface area contributed by atoms with Gasteiger partial charge < -0.3 is 10.1 Å². The molecule has 1 saturated heterocycles. The molecule has 4 rings (SSSR count). The quantitative estimate of drug-likeness (QED) is 0.386. The lowest BCUT2D eigenvalue weighted by molar-refractivity contribution is -0.122. The fraction of sp³-hybridized carbons (Fsp3) is 0.333. The van der Waals surface area contributed by atoms with Gasteiger partial charge in [-0.1, -0.05) is 31.6 Å². The summed E-state index contributed by atoms with van der Waals surface area (Å²) in [7, 11) is 0. The molecule has 0 bridgehead atoms. The van der Waals surface area contributed by atoms with Crippen molar-refractivity contribution in [2.75, 3.05) is 16.8 Å². The van der Waals surface area contributed by atoms with Gasteiger partial charge in [0.05, 0.1) is 29.7 Å². The van der Waals surface area contributed by atoms with Crippen LogP contribution in [0.15, 0.2) is 60.2 Å². The zero-order valence-corrected chi connectivity index (χ0v) is 19.5. The number of carbonyl (C=O) groups excluding carboxylic acids is 4. The lowest BCUT2D eigenvalue weighted by atomic mass is 9.82. The number of nitrogens with zero attached hydrogens (tertiary/aromatic N) is 1. The van der Waals surface area contributed by atoms with E-state index in [9.17, 15) is 19.2 Å². The second kappa shape index (κ2) is 9.63. The van der Waals surface area contributed by atoms with Crippen LogP contribution in [0.2, 0.25) is 0 Å². The number of fused-ring (bicyclic) bond motifs is 1. The molecular weight excluding hydrogens is 432 g/mol. The SMILES string of the molecule is CC1=CC[C@H]2C(=O)N(c3cccc(C(=O)Nc4ccc(C(=O)OCC(C)C)cc4)c3)C(=O)[C@@H]2C1. The smallest absolute Gasteiger partial charge is 0.338 e. The van der Waals surface area contributed by atoms with Crippen molar-refractivity contribution in [1.29, 1.82) is 0 Å². The first-order valence-corrected chi connectivity index (χ1v) is 11.5. The third kappa shape index (κ3) is 4.78. The normalized spacial score (nSPS) is 19.6. The van der Waals surface area contributed by atoms with E-state index in [1.54, 1.807) is 48.5 Å². The molecular formula is C27H28N2O5. The van der Waals surface area contributed by atoms with Gasteiger partial charge in [-0.15, -0.1) is 0 Å². The number of hydrogen-bond acceptors (Lipinski definition) is 5. The number of anilines is 2. The Morgan fingerprint density at radius 3 is 2.44 bits per heavy atom. The van der Waals surface area contributed by atoms with Crippen molar-refractivity contribution in [3.05, 3.63) is 71.3 Å². The monoisotopic (exact) mass is 460 g/mol. The maximum absolute atomic E-state index is 13.0. The number of hydrogen-bond donors (Lipinski definition) is 1. The molecule has 1 aliphatic heterocycles. The highest BCUT2D eigenvalue weighted by atomic mass is 16.5. The number of rotatable bonds is 6. The minimum absolute atomic E-state index is 0.208. The van der Waals surface area contributed by atoms with E-state index in [1.165, 1.54) is 4.90 Å². The summed E-state index contributed by atoms with van der Waals surface area (Å²) in [5.41, 5.74) is 2.76. The Bertz CT molecular complexity index is 1170. The van der Waals surface area contributed by atoms with Gasteiger partial charge in [0.25, 0.3) is 5.91 Å². The maximum Gasteiger partial charge on any atom is 0.338 e. The van der Waals surface area contributed by atoms with Crippen molar-refractivity contribution >= 4 is 35.1 Å². The van der Waals surface area contributed by atoms with Crippen LogP contribution in [0.3, 0.4) is 0 Å². The summed E-state index contributed by atoms with van der Waals surface area (Å²) in [6.07, 6.45) is 3.18. The summed E-state index contributed by atoms with van der Waals surface area (Å²) in [5.74, 6) is -1.64. The second-order valence-corrected chi connectivity index (χ2v) is 9.29. The van der Waals surface area contributed by atoms with Crippen molar-refractivity contribution in [3.8, 4) is 0 Å². The molecule has 0 spiro atoms. The van der Waals surface area contributed by atoms with E-state index in [1.807, 2.05) is 26.8 Å². The van der Waals surface area contributed by atoms with Gasteiger partial charge in [-0.2, -0.15) is 0 Å². The van der Waals surface area contributed by atoms with Gasteiger partial charge in [-0.05, 0) is 68.1 Å². The lowest BCUT2D eigenvalue weighted by Crippen LogP contribution is -2.31.